The van der Waals surface area contributed by atoms with Crippen LogP contribution in [-0.4, -0.2) is 41.3 Å². The lowest BCUT2D eigenvalue weighted by atomic mass is 10.1. The molecule has 0 bridgehead atoms. The van der Waals surface area contributed by atoms with Crippen molar-refractivity contribution in [3.63, 3.8) is 0 Å². The van der Waals surface area contributed by atoms with Crippen LogP contribution in [-0.2, 0) is 4.79 Å². The highest BCUT2D eigenvalue weighted by Crippen LogP contribution is 2.31. The van der Waals surface area contributed by atoms with E-state index in [9.17, 15) is 14.0 Å². The van der Waals surface area contributed by atoms with Gasteiger partial charge in [0.1, 0.15) is 11.3 Å². The Balaban J connectivity index is 1.50. The molecule has 30 heavy (non-hydrogen) atoms. The summed E-state index contributed by atoms with van der Waals surface area (Å²) in [5, 5.41) is 2.83. The van der Waals surface area contributed by atoms with E-state index in [-0.39, 0.29) is 23.4 Å². The van der Waals surface area contributed by atoms with Crippen molar-refractivity contribution in [1.82, 2.24) is 15.2 Å². The maximum absolute atomic E-state index is 14.8. The summed E-state index contributed by atoms with van der Waals surface area (Å²) in [5.41, 5.74) is 1.78. The summed E-state index contributed by atoms with van der Waals surface area (Å²) >= 11 is 0. The molecule has 1 heterocycles. The van der Waals surface area contributed by atoms with Gasteiger partial charge in [-0.25, -0.2) is 9.37 Å². The molecule has 0 unspecified atom stereocenters. The van der Waals surface area contributed by atoms with Crippen LogP contribution in [0.2, 0.25) is 0 Å². The Bertz CT molecular complexity index is 1060. The molecule has 0 spiro atoms. The number of carbonyl (C=O) groups is 2. The van der Waals surface area contributed by atoms with Crippen molar-refractivity contribution in [3.8, 4) is 11.5 Å². The summed E-state index contributed by atoms with van der Waals surface area (Å²) in [4.78, 5) is 30.9. The average Bonchev–Trinajstić information content (AvgIpc) is 3.40. The molecule has 1 saturated carbocycles. The maximum Gasteiger partial charge on any atom is 0.256 e. The lowest BCUT2D eigenvalue weighted by molar-refractivity contribution is -0.124. The van der Waals surface area contributed by atoms with Crippen LogP contribution in [0, 0.1) is 11.7 Å². The zero-order valence-electron chi connectivity index (χ0n) is 17.0. The van der Waals surface area contributed by atoms with Crippen molar-refractivity contribution < 1.29 is 18.4 Å². The number of hydrogen-bond acceptors (Lipinski definition) is 4. The Morgan fingerprint density at radius 2 is 2.03 bits per heavy atom. The Morgan fingerprint density at radius 1 is 1.23 bits per heavy atom. The van der Waals surface area contributed by atoms with E-state index >= 15 is 0 Å². The van der Waals surface area contributed by atoms with Crippen LogP contribution in [0.4, 0.5) is 4.39 Å². The Kier molecular flexibility index (Phi) is 5.53. The zero-order chi connectivity index (χ0) is 21.3. The minimum Gasteiger partial charge on any atom is -0.436 e. The van der Waals surface area contributed by atoms with E-state index in [1.54, 1.807) is 24.1 Å². The number of nitrogens with zero attached hydrogens (tertiary/aromatic N) is 2. The summed E-state index contributed by atoms with van der Waals surface area (Å²) in [6, 6.07) is 11.6. The second-order valence-electron chi connectivity index (χ2n) is 7.66. The molecule has 0 aliphatic heterocycles. The molecule has 2 amide bonds. The van der Waals surface area contributed by atoms with Gasteiger partial charge in [0.15, 0.2) is 5.58 Å². The quantitative estimate of drug-likeness (QED) is 0.691. The molecule has 0 radical (unpaired) electrons. The van der Waals surface area contributed by atoms with Crippen molar-refractivity contribution in [2.75, 3.05) is 13.6 Å². The number of aromatic nitrogens is 1. The molecule has 156 valence electrons. The Hall–Kier alpha value is -3.22. The summed E-state index contributed by atoms with van der Waals surface area (Å²) in [6.45, 7) is 2.47. The number of halogens is 1. The van der Waals surface area contributed by atoms with E-state index in [2.05, 4.69) is 10.3 Å². The van der Waals surface area contributed by atoms with Gasteiger partial charge in [-0.15, -0.1) is 0 Å². The van der Waals surface area contributed by atoms with Gasteiger partial charge in [-0.2, -0.15) is 0 Å². The third-order valence-corrected chi connectivity index (χ3v) is 5.74. The summed E-state index contributed by atoms with van der Waals surface area (Å²) in [6.07, 6.45) is 2.05. The van der Waals surface area contributed by atoms with Crippen molar-refractivity contribution in [2.45, 2.75) is 32.2 Å². The van der Waals surface area contributed by atoms with E-state index in [1.165, 1.54) is 12.1 Å². The highest BCUT2D eigenvalue weighted by atomic mass is 19.1. The van der Waals surface area contributed by atoms with E-state index in [1.807, 2.05) is 25.1 Å². The fourth-order valence-electron chi connectivity index (χ4n) is 4.04. The predicted molar refractivity (Wildman–Crippen MR) is 111 cm³/mol. The molecule has 2 atom stereocenters. The molecule has 7 heteroatoms. The second-order valence-corrected chi connectivity index (χ2v) is 7.66. The van der Waals surface area contributed by atoms with Gasteiger partial charge in [0.25, 0.3) is 5.91 Å². The third-order valence-electron chi connectivity index (χ3n) is 5.74. The topological polar surface area (TPSA) is 75.4 Å². The van der Waals surface area contributed by atoms with Crippen molar-refractivity contribution in [1.29, 1.82) is 0 Å². The zero-order valence-corrected chi connectivity index (χ0v) is 17.0. The van der Waals surface area contributed by atoms with Crippen LogP contribution in [0.15, 0.2) is 46.9 Å². The fraction of sp³-hybridized carbons (Fsp3) is 0.348. The first-order valence-electron chi connectivity index (χ1n) is 10.2. The molecular formula is C23H24FN3O3. The van der Waals surface area contributed by atoms with Crippen LogP contribution in [0.5, 0.6) is 0 Å². The van der Waals surface area contributed by atoms with E-state index in [0.29, 0.717) is 35.5 Å². The van der Waals surface area contributed by atoms with Gasteiger partial charge in [-0.1, -0.05) is 12.1 Å². The van der Waals surface area contributed by atoms with Gasteiger partial charge in [0.2, 0.25) is 11.8 Å². The predicted octanol–water partition coefficient (Wildman–Crippen LogP) is 4.01. The van der Waals surface area contributed by atoms with E-state index in [4.69, 9.17) is 4.42 Å². The number of rotatable bonds is 5. The van der Waals surface area contributed by atoms with Crippen molar-refractivity contribution in [2.24, 2.45) is 5.92 Å². The lowest BCUT2D eigenvalue weighted by Gasteiger charge is -2.25. The smallest absolute Gasteiger partial charge is 0.256 e. The van der Waals surface area contributed by atoms with E-state index < -0.39 is 11.7 Å². The second kappa shape index (κ2) is 8.26. The lowest BCUT2D eigenvalue weighted by Crippen LogP contribution is -2.37. The number of benzene rings is 2. The first-order chi connectivity index (χ1) is 14.5. The minimum absolute atomic E-state index is 0.00109. The number of fused-ring (bicyclic) bond motifs is 1. The summed E-state index contributed by atoms with van der Waals surface area (Å²) in [5.74, 6) is -0.780. The Morgan fingerprint density at radius 3 is 2.77 bits per heavy atom. The van der Waals surface area contributed by atoms with Gasteiger partial charge in [0.05, 0.1) is 5.56 Å². The number of carbonyl (C=O) groups excluding carboxylic acids is 2. The molecular weight excluding hydrogens is 385 g/mol. The summed E-state index contributed by atoms with van der Waals surface area (Å²) < 4.78 is 20.5. The molecule has 1 aliphatic rings. The van der Waals surface area contributed by atoms with Crippen molar-refractivity contribution in [3.05, 3.63) is 53.8 Å². The molecule has 1 aliphatic carbocycles. The number of amides is 2. The summed E-state index contributed by atoms with van der Waals surface area (Å²) in [7, 11) is 1.67. The molecule has 1 fully saturated rings. The van der Waals surface area contributed by atoms with Gasteiger partial charge < -0.3 is 14.6 Å². The molecule has 0 saturated heterocycles. The average molecular weight is 409 g/mol. The first kappa shape index (κ1) is 20.1. The van der Waals surface area contributed by atoms with Crippen LogP contribution < -0.4 is 5.32 Å². The number of oxazole rings is 1. The van der Waals surface area contributed by atoms with Gasteiger partial charge in [0, 0.05) is 31.1 Å². The maximum atomic E-state index is 14.8. The monoisotopic (exact) mass is 409 g/mol. The highest BCUT2D eigenvalue weighted by molar-refractivity contribution is 5.95. The molecule has 2 aromatic carbocycles. The fourth-order valence-corrected chi connectivity index (χ4v) is 4.04. The standard InChI is InChI=1S/C23H24FN3O3/c1-3-25-21(28)14-8-10-16(12-14)27(2)23(29)17-11-9-15(13-18(17)24)22-26-19-6-4-5-7-20(19)30-22/h4-7,9,11,13-14,16H,3,8,10,12H2,1-2H3,(H,25,28)/t14-,16+/m0/s1. The van der Waals surface area contributed by atoms with Crippen LogP contribution in [0.25, 0.3) is 22.6 Å². The minimum atomic E-state index is -0.620. The molecule has 3 aromatic rings. The van der Waals surface area contributed by atoms with Gasteiger partial charge in [-0.05, 0) is 56.5 Å². The molecule has 1 N–H and O–H groups in total. The van der Waals surface area contributed by atoms with Gasteiger partial charge in [-0.3, -0.25) is 9.59 Å². The highest BCUT2D eigenvalue weighted by Gasteiger charge is 2.34. The Labute approximate surface area is 174 Å². The van der Waals surface area contributed by atoms with E-state index in [0.717, 1.165) is 12.8 Å². The normalized spacial score (nSPS) is 18.5. The van der Waals surface area contributed by atoms with Crippen LogP contribution in [0.1, 0.15) is 36.5 Å². The van der Waals surface area contributed by atoms with Gasteiger partial charge >= 0.3 is 0 Å². The third kappa shape index (κ3) is 3.79. The number of para-hydroxylation sites is 2. The van der Waals surface area contributed by atoms with Crippen LogP contribution in [0.3, 0.4) is 0 Å². The molecule has 1 aromatic heterocycles. The SMILES string of the molecule is CCNC(=O)[C@H]1CC[C@@H](N(C)C(=O)c2ccc(-c3nc4ccccc4o3)cc2F)C1. The largest absolute Gasteiger partial charge is 0.436 e. The number of hydrogen-bond donors (Lipinski definition) is 1. The number of nitrogens with one attached hydrogen (secondary N) is 1. The van der Waals surface area contributed by atoms with Crippen molar-refractivity contribution >= 4 is 22.9 Å². The first-order valence-corrected chi connectivity index (χ1v) is 10.2. The molecule has 6 nitrogen and oxygen atoms in total. The molecule has 4 rings (SSSR count). The van der Waals surface area contributed by atoms with Crippen LogP contribution >= 0.6 is 0 Å².